The fourth-order valence-corrected chi connectivity index (χ4v) is 2.69. The first-order valence-electron chi connectivity index (χ1n) is 6.06. The molecule has 1 fully saturated rings. The highest BCUT2D eigenvalue weighted by Crippen LogP contribution is 2.19. The van der Waals surface area contributed by atoms with Gasteiger partial charge in [-0.1, -0.05) is 11.8 Å². The number of hydrogen-bond acceptors (Lipinski definition) is 5. The number of nitrogens with zero attached hydrogens (tertiary/aromatic N) is 3. The number of carbonyl (C=O) groups excluding carboxylic acids is 1. The average molecular weight is 281 g/mol. The number of aliphatic carboxylic acids is 1. The van der Waals surface area contributed by atoms with Crippen LogP contribution in [-0.4, -0.2) is 50.7 Å². The van der Waals surface area contributed by atoms with E-state index < -0.39 is 5.97 Å². The van der Waals surface area contributed by atoms with E-state index in [1.807, 2.05) is 0 Å². The molecule has 102 valence electrons. The van der Waals surface area contributed by atoms with Gasteiger partial charge in [-0.15, -0.1) is 0 Å². The van der Waals surface area contributed by atoms with Gasteiger partial charge in [-0.3, -0.25) is 14.6 Å². The predicted molar refractivity (Wildman–Crippen MR) is 69.7 cm³/mol. The average Bonchev–Trinajstić information content (AvgIpc) is 2.46. The van der Waals surface area contributed by atoms with Gasteiger partial charge in [0.2, 0.25) is 5.91 Å². The molecule has 19 heavy (non-hydrogen) atoms. The van der Waals surface area contributed by atoms with Gasteiger partial charge in [-0.2, -0.15) is 0 Å². The Hall–Kier alpha value is -1.63. The van der Waals surface area contributed by atoms with Crippen LogP contribution in [0.3, 0.4) is 0 Å². The van der Waals surface area contributed by atoms with Crippen molar-refractivity contribution in [1.82, 2.24) is 14.9 Å². The molecule has 1 aliphatic rings. The van der Waals surface area contributed by atoms with Crippen molar-refractivity contribution in [3.8, 4) is 0 Å². The quantitative estimate of drug-likeness (QED) is 0.825. The van der Waals surface area contributed by atoms with Crippen molar-refractivity contribution >= 4 is 23.6 Å². The fraction of sp³-hybridized carbons (Fsp3) is 0.500. The van der Waals surface area contributed by atoms with E-state index in [0.29, 0.717) is 31.7 Å². The van der Waals surface area contributed by atoms with Crippen molar-refractivity contribution in [2.75, 3.05) is 18.8 Å². The Morgan fingerprint density at radius 1 is 1.37 bits per heavy atom. The van der Waals surface area contributed by atoms with Crippen LogP contribution in [0.2, 0.25) is 0 Å². The summed E-state index contributed by atoms with van der Waals surface area (Å²) in [7, 11) is 0. The molecule has 1 aromatic rings. The minimum absolute atomic E-state index is 0.0273. The van der Waals surface area contributed by atoms with Crippen LogP contribution in [0, 0.1) is 5.92 Å². The Balaban J connectivity index is 1.77. The van der Waals surface area contributed by atoms with E-state index in [1.165, 1.54) is 11.8 Å². The standard InChI is InChI=1S/C12H15N3O3S/c16-11(8-19-10-7-13-3-4-14-10)15-5-1-9(2-6-15)12(17)18/h3-4,7,9H,1-2,5-6,8H2,(H,17,18). The maximum atomic E-state index is 12.0. The molecule has 2 heterocycles. The van der Waals surface area contributed by atoms with Crippen LogP contribution in [0.25, 0.3) is 0 Å². The highest BCUT2D eigenvalue weighted by atomic mass is 32.2. The molecule has 0 bridgehead atoms. The van der Waals surface area contributed by atoms with E-state index in [1.54, 1.807) is 23.5 Å². The molecule has 1 N–H and O–H groups in total. The van der Waals surface area contributed by atoms with Gasteiger partial charge in [0.25, 0.3) is 0 Å². The van der Waals surface area contributed by atoms with Gasteiger partial charge < -0.3 is 10.0 Å². The van der Waals surface area contributed by atoms with Crippen molar-refractivity contribution in [3.63, 3.8) is 0 Å². The zero-order chi connectivity index (χ0) is 13.7. The molecule has 7 heteroatoms. The van der Waals surface area contributed by atoms with Crippen LogP contribution in [0.5, 0.6) is 0 Å². The minimum Gasteiger partial charge on any atom is -0.481 e. The molecule has 0 unspecified atom stereocenters. The lowest BCUT2D eigenvalue weighted by Crippen LogP contribution is -2.41. The molecule has 1 saturated heterocycles. The lowest BCUT2D eigenvalue weighted by Gasteiger charge is -2.30. The zero-order valence-corrected chi connectivity index (χ0v) is 11.2. The van der Waals surface area contributed by atoms with Gasteiger partial charge in [-0.05, 0) is 12.8 Å². The minimum atomic E-state index is -0.763. The third-order valence-corrected chi connectivity index (χ3v) is 3.98. The highest BCUT2D eigenvalue weighted by molar-refractivity contribution is 7.99. The van der Waals surface area contributed by atoms with E-state index in [-0.39, 0.29) is 11.8 Å². The third-order valence-electron chi connectivity index (χ3n) is 3.08. The summed E-state index contributed by atoms with van der Waals surface area (Å²) in [6.45, 7) is 1.05. The van der Waals surface area contributed by atoms with Crippen LogP contribution in [-0.2, 0) is 9.59 Å². The number of likely N-dealkylation sites (tertiary alicyclic amines) is 1. The molecule has 0 atom stereocenters. The number of hydrogen-bond donors (Lipinski definition) is 1. The monoisotopic (exact) mass is 281 g/mol. The second kappa shape index (κ2) is 6.51. The van der Waals surface area contributed by atoms with Crippen LogP contribution in [0.15, 0.2) is 23.6 Å². The largest absolute Gasteiger partial charge is 0.481 e. The van der Waals surface area contributed by atoms with E-state index in [9.17, 15) is 9.59 Å². The van der Waals surface area contributed by atoms with Crippen molar-refractivity contribution in [2.45, 2.75) is 17.9 Å². The number of carboxylic acid groups (broad SMARTS) is 1. The number of aromatic nitrogens is 2. The summed E-state index contributed by atoms with van der Waals surface area (Å²) in [4.78, 5) is 32.5. The van der Waals surface area contributed by atoms with Crippen LogP contribution in [0.4, 0.5) is 0 Å². The zero-order valence-electron chi connectivity index (χ0n) is 10.4. The third kappa shape index (κ3) is 3.92. The van der Waals surface area contributed by atoms with E-state index >= 15 is 0 Å². The summed E-state index contributed by atoms with van der Waals surface area (Å²) in [6, 6.07) is 0. The number of rotatable bonds is 4. The van der Waals surface area contributed by atoms with Crippen molar-refractivity contribution in [1.29, 1.82) is 0 Å². The second-order valence-corrected chi connectivity index (χ2v) is 5.32. The van der Waals surface area contributed by atoms with E-state index in [4.69, 9.17) is 5.11 Å². The molecule has 1 aromatic heterocycles. The summed E-state index contributed by atoms with van der Waals surface area (Å²) in [5.74, 6) is -0.728. The van der Waals surface area contributed by atoms with Crippen molar-refractivity contribution in [3.05, 3.63) is 18.6 Å². The molecule has 0 aliphatic carbocycles. The molecule has 1 aliphatic heterocycles. The Labute approximate surface area is 115 Å². The number of piperidine rings is 1. The van der Waals surface area contributed by atoms with Crippen LogP contribution in [0.1, 0.15) is 12.8 Å². The first kappa shape index (κ1) is 13.8. The Bertz CT molecular complexity index is 447. The highest BCUT2D eigenvalue weighted by Gasteiger charge is 2.26. The predicted octanol–water partition coefficient (Wildman–Crippen LogP) is 0.892. The summed E-state index contributed by atoms with van der Waals surface area (Å²) in [5.41, 5.74) is 0. The second-order valence-electron chi connectivity index (χ2n) is 4.33. The lowest BCUT2D eigenvalue weighted by atomic mass is 9.97. The van der Waals surface area contributed by atoms with Gasteiger partial charge >= 0.3 is 5.97 Å². The molecule has 0 saturated carbocycles. The molecule has 0 aromatic carbocycles. The first-order valence-corrected chi connectivity index (χ1v) is 7.05. The molecule has 0 spiro atoms. The van der Waals surface area contributed by atoms with E-state index in [0.717, 1.165) is 5.03 Å². The number of carboxylic acids is 1. The van der Waals surface area contributed by atoms with Gasteiger partial charge in [-0.25, -0.2) is 4.98 Å². The van der Waals surface area contributed by atoms with Gasteiger partial charge in [0.1, 0.15) is 5.03 Å². The van der Waals surface area contributed by atoms with Crippen molar-refractivity contribution in [2.24, 2.45) is 5.92 Å². The van der Waals surface area contributed by atoms with Crippen LogP contribution >= 0.6 is 11.8 Å². The normalized spacial score (nSPS) is 16.3. The molecular formula is C12H15N3O3S. The Kier molecular flexibility index (Phi) is 4.73. The number of thioether (sulfide) groups is 1. The van der Waals surface area contributed by atoms with Crippen molar-refractivity contribution < 1.29 is 14.7 Å². The summed E-state index contributed by atoms with van der Waals surface area (Å²) < 4.78 is 0. The smallest absolute Gasteiger partial charge is 0.306 e. The number of amides is 1. The summed E-state index contributed by atoms with van der Waals surface area (Å²) >= 11 is 1.35. The Morgan fingerprint density at radius 3 is 2.68 bits per heavy atom. The topological polar surface area (TPSA) is 83.4 Å². The maximum absolute atomic E-state index is 12.0. The van der Waals surface area contributed by atoms with E-state index in [2.05, 4.69) is 9.97 Å². The molecule has 1 amide bonds. The summed E-state index contributed by atoms with van der Waals surface area (Å²) in [6.07, 6.45) is 5.87. The SMILES string of the molecule is O=C(O)C1CCN(C(=O)CSc2cnccn2)CC1. The molecule has 6 nitrogen and oxygen atoms in total. The Morgan fingerprint density at radius 2 is 2.11 bits per heavy atom. The van der Waals surface area contributed by atoms with Gasteiger partial charge in [0.15, 0.2) is 0 Å². The van der Waals surface area contributed by atoms with Gasteiger partial charge in [0.05, 0.1) is 17.9 Å². The molecular weight excluding hydrogens is 266 g/mol. The fourth-order valence-electron chi connectivity index (χ4n) is 1.96. The lowest BCUT2D eigenvalue weighted by molar-refractivity contribution is -0.145. The van der Waals surface area contributed by atoms with Gasteiger partial charge in [0, 0.05) is 25.5 Å². The molecule has 0 radical (unpaired) electrons. The first-order chi connectivity index (χ1) is 9.16. The molecule has 2 rings (SSSR count). The number of carbonyl (C=O) groups is 2. The van der Waals surface area contributed by atoms with Crippen LogP contribution < -0.4 is 0 Å². The summed E-state index contributed by atoms with van der Waals surface area (Å²) in [5, 5.41) is 9.61. The maximum Gasteiger partial charge on any atom is 0.306 e.